The largest absolute Gasteiger partial charge is 0.497 e. The van der Waals surface area contributed by atoms with Crippen LogP contribution in [0, 0.1) is 0 Å². The molecule has 1 amide bonds. The maximum atomic E-state index is 13.3. The minimum atomic E-state index is -3.78. The number of nitrogens with zero attached hydrogens (tertiary/aromatic N) is 3. The lowest BCUT2D eigenvalue weighted by molar-refractivity contribution is 0.102. The third-order valence-corrected chi connectivity index (χ3v) is 7.48. The SMILES string of the molecule is COc1cccc(-c2nnc(NC(=O)c3ccc(S(=O)(=O)N(Cc4ccccc4)C(C)C)cc3)o2)c1. The molecule has 0 unspecified atom stereocenters. The van der Waals surface area contributed by atoms with E-state index in [0.29, 0.717) is 11.3 Å². The minimum absolute atomic E-state index is 0.0802. The summed E-state index contributed by atoms with van der Waals surface area (Å²) in [7, 11) is -2.23. The highest BCUT2D eigenvalue weighted by Crippen LogP contribution is 2.25. The van der Waals surface area contributed by atoms with Gasteiger partial charge in [-0.25, -0.2) is 8.42 Å². The smallest absolute Gasteiger partial charge is 0.322 e. The number of benzene rings is 3. The number of sulfonamides is 1. The van der Waals surface area contributed by atoms with Gasteiger partial charge in [0.25, 0.3) is 5.91 Å². The number of hydrogen-bond acceptors (Lipinski definition) is 7. The first-order valence-electron chi connectivity index (χ1n) is 11.2. The number of amides is 1. The van der Waals surface area contributed by atoms with Gasteiger partial charge in [-0.15, -0.1) is 5.10 Å². The van der Waals surface area contributed by atoms with Crippen molar-refractivity contribution < 1.29 is 22.4 Å². The van der Waals surface area contributed by atoms with Gasteiger partial charge in [-0.2, -0.15) is 4.31 Å². The van der Waals surface area contributed by atoms with E-state index in [1.807, 2.05) is 44.2 Å². The van der Waals surface area contributed by atoms with Gasteiger partial charge < -0.3 is 9.15 Å². The van der Waals surface area contributed by atoms with E-state index in [-0.39, 0.29) is 35.0 Å². The fraction of sp³-hybridized carbons (Fsp3) is 0.192. The minimum Gasteiger partial charge on any atom is -0.497 e. The number of methoxy groups -OCH3 is 1. The van der Waals surface area contributed by atoms with Crippen molar-refractivity contribution in [3.8, 4) is 17.2 Å². The monoisotopic (exact) mass is 506 g/mol. The highest BCUT2D eigenvalue weighted by Gasteiger charge is 2.27. The van der Waals surface area contributed by atoms with Gasteiger partial charge in [0.05, 0.1) is 12.0 Å². The quantitative estimate of drug-likeness (QED) is 0.353. The molecule has 3 aromatic carbocycles. The first-order valence-corrected chi connectivity index (χ1v) is 12.7. The molecule has 0 spiro atoms. The molecule has 0 aliphatic heterocycles. The van der Waals surface area contributed by atoms with E-state index in [1.165, 1.54) is 28.6 Å². The van der Waals surface area contributed by atoms with Crippen molar-refractivity contribution >= 4 is 21.9 Å². The van der Waals surface area contributed by atoms with Crippen LogP contribution in [-0.2, 0) is 16.6 Å². The topological polar surface area (TPSA) is 115 Å². The van der Waals surface area contributed by atoms with Crippen LogP contribution in [0.4, 0.5) is 6.01 Å². The number of ether oxygens (including phenoxy) is 1. The zero-order valence-corrected chi connectivity index (χ0v) is 20.9. The van der Waals surface area contributed by atoms with Crippen LogP contribution in [0.5, 0.6) is 5.75 Å². The summed E-state index contributed by atoms with van der Waals surface area (Å²) < 4.78 is 38.8. The van der Waals surface area contributed by atoms with Crippen LogP contribution < -0.4 is 10.1 Å². The van der Waals surface area contributed by atoms with Crippen LogP contribution in [0.3, 0.4) is 0 Å². The molecule has 4 aromatic rings. The number of aromatic nitrogens is 2. The number of rotatable bonds is 9. The van der Waals surface area contributed by atoms with E-state index in [2.05, 4.69) is 15.5 Å². The van der Waals surface area contributed by atoms with E-state index >= 15 is 0 Å². The highest BCUT2D eigenvalue weighted by molar-refractivity contribution is 7.89. The second-order valence-corrected chi connectivity index (χ2v) is 10.1. The first kappa shape index (κ1) is 25.1. The van der Waals surface area contributed by atoms with Crippen molar-refractivity contribution in [3.63, 3.8) is 0 Å². The standard InChI is InChI=1S/C26H26N4O5S/c1-18(2)30(17-19-8-5-4-6-9-19)36(32,33)23-14-12-20(13-15-23)24(31)27-26-29-28-25(35-26)21-10-7-11-22(16-21)34-3/h4-16,18H,17H2,1-3H3,(H,27,29,31). The average molecular weight is 507 g/mol. The maximum absolute atomic E-state index is 13.3. The van der Waals surface area contributed by atoms with Crippen LogP contribution in [-0.4, -0.2) is 42.0 Å². The van der Waals surface area contributed by atoms with E-state index < -0.39 is 15.9 Å². The van der Waals surface area contributed by atoms with Gasteiger partial charge in [-0.05, 0) is 61.9 Å². The van der Waals surface area contributed by atoms with Crippen LogP contribution in [0.15, 0.2) is 88.2 Å². The van der Waals surface area contributed by atoms with Crippen LogP contribution in [0.2, 0.25) is 0 Å². The molecule has 0 saturated heterocycles. The summed E-state index contributed by atoms with van der Waals surface area (Å²) >= 11 is 0. The predicted octanol–water partition coefficient (Wildman–Crippen LogP) is 4.60. The van der Waals surface area contributed by atoms with Crippen molar-refractivity contribution in [2.45, 2.75) is 31.3 Å². The molecule has 1 heterocycles. The molecular formula is C26H26N4O5S. The van der Waals surface area contributed by atoms with E-state index in [9.17, 15) is 13.2 Å². The normalized spacial score (nSPS) is 11.6. The predicted molar refractivity (Wildman–Crippen MR) is 135 cm³/mol. The molecular weight excluding hydrogens is 480 g/mol. The van der Waals surface area contributed by atoms with Gasteiger partial charge in [-0.1, -0.05) is 41.5 Å². The fourth-order valence-corrected chi connectivity index (χ4v) is 5.16. The summed E-state index contributed by atoms with van der Waals surface area (Å²) in [4.78, 5) is 12.8. The molecule has 0 bridgehead atoms. The Balaban J connectivity index is 1.48. The first-order chi connectivity index (χ1) is 17.3. The lowest BCUT2D eigenvalue weighted by Crippen LogP contribution is -2.36. The zero-order valence-electron chi connectivity index (χ0n) is 20.1. The molecule has 0 fully saturated rings. The number of hydrogen-bond donors (Lipinski definition) is 1. The average Bonchev–Trinajstić information content (AvgIpc) is 3.36. The molecule has 9 nitrogen and oxygen atoms in total. The summed E-state index contributed by atoms with van der Waals surface area (Å²) in [6, 6.07) is 21.9. The van der Waals surface area contributed by atoms with E-state index in [4.69, 9.17) is 9.15 Å². The Morgan fingerprint density at radius 2 is 1.72 bits per heavy atom. The van der Waals surface area contributed by atoms with E-state index in [0.717, 1.165) is 5.56 Å². The van der Waals surface area contributed by atoms with Gasteiger partial charge in [-0.3, -0.25) is 10.1 Å². The molecule has 1 aromatic heterocycles. The second kappa shape index (κ2) is 10.7. The number of nitrogens with one attached hydrogen (secondary N) is 1. The molecule has 0 atom stereocenters. The Morgan fingerprint density at radius 3 is 2.39 bits per heavy atom. The molecule has 36 heavy (non-hydrogen) atoms. The van der Waals surface area contributed by atoms with Gasteiger partial charge in [0.1, 0.15) is 5.75 Å². The molecule has 186 valence electrons. The number of carbonyl (C=O) groups excluding carboxylic acids is 1. The molecule has 0 radical (unpaired) electrons. The van der Waals surface area contributed by atoms with Gasteiger partial charge in [0.15, 0.2) is 0 Å². The van der Waals surface area contributed by atoms with Crippen LogP contribution >= 0.6 is 0 Å². The molecule has 0 saturated carbocycles. The molecule has 1 N–H and O–H groups in total. The summed E-state index contributed by atoms with van der Waals surface area (Å²) in [6.07, 6.45) is 0. The number of anilines is 1. The van der Waals surface area contributed by atoms with Crippen molar-refractivity contribution in [1.29, 1.82) is 0 Å². The Labute approximate surface area is 209 Å². The van der Waals surface area contributed by atoms with Crippen molar-refractivity contribution in [2.24, 2.45) is 0 Å². The molecule has 0 aliphatic rings. The maximum Gasteiger partial charge on any atom is 0.322 e. The van der Waals surface area contributed by atoms with Crippen molar-refractivity contribution in [2.75, 3.05) is 12.4 Å². The molecule has 4 rings (SSSR count). The Morgan fingerprint density at radius 1 is 1.00 bits per heavy atom. The van der Waals surface area contributed by atoms with Gasteiger partial charge in [0.2, 0.25) is 15.9 Å². The van der Waals surface area contributed by atoms with Crippen LogP contribution in [0.1, 0.15) is 29.8 Å². The van der Waals surface area contributed by atoms with E-state index in [1.54, 1.807) is 31.4 Å². The Kier molecular flexibility index (Phi) is 7.47. The summed E-state index contributed by atoms with van der Waals surface area (Å²) in [5, 5.41) is 10.4. The van der Waals surface area contributed by atoms with Gasteiger partial charge in [0, 0.05) is 23.7 Å². The van der Waals surface area contributed by atoms with Crippen molar-refractivity contribution in [1.82, 2.24) is 14.5 Å². The molecule has 10 heteroatoms. The van der Waals surface area contributed by atoms with Crippen molar-refractivity contribution in [3.05, 3.63) is 90.0 Å². The summed E-state index contributed by atoms with van der Waals surface area (Å²) in [5.41, 5.74) is 1.77. The number of carbonyl (C=O) groups is 1. The lowest BCUT2D eigenvalue weighted by Gasteiger charge is -2.26. The third-order valence-electron chi connectivity index (χ3n) is 5.44. The summed E-state index contributed by atoms with van der Waals surface area (Å²) in [5.74, 6) is 0.341. The second-order valence-electron chi connectivity index (χ2n) is 8.25. The molecule has 0 aliphatic carbocycles. The van der Waals surface area contributed by atoms with Gasteiger partial charge >= 0.3 is 6.01 Å². The summed E-state index contributed by atoms with van der Waals surface area (Å²) in [6.45, 7) is 3.90. The Bertz CT molecular complexity index is 1430. The zero-order chi connectivity index (χ0) is 25.7. The van der Waals surface area contributed by atoms with Crippen LogP contribution in [0.25, 0.3) is 11.5 Å². The Hall–Kier alpha value is -4.02. The highest BCUT2D eigenvalue weighted by atomic mass is 32.2. The third kappa shape index (κ3) is 5.61. The fourth-order valence-electron chi connectivity index (χ4n) is 3.54. The lowest BCUT2D eigenvalue weighted by atomic mass is 10.2.